The van der Waals surface area contributed by atoms with Crippen LogP contribution < -0.4 is 5.32 Å². The molecule has 94 valence electrons. The van der Waals surface area contributed by atoms with Crippen molar-refractivity contribution in [3.63, 3.8) is 0 Å². The zero-order valence-corrected chi connectivity index (χ0v) is 10.1. The lowest BCUT2D eigenvalue weighted by Gasteiger charge is -2.17. The van der Waals surface area contributed by atoms with Crippen LogP contribution in [0.15, 0.2) is 24.3 Å². The van der Waals surface area contributed by atoms with Crippen molar-refractivity contribution in [3.05, 3.63) is 35.6 Å². The van der Waals surface area contributed by atoms with Gasteiger partial charge < -0.3 is 10.4 Å². The molecule has 1 aromatic rings. The van der Waals surface area contributed by atoms with Crippen molar-refractivity contribution >= 4 is 5.91 Å². The third-order valence-electron chi connectivity index (χ3n) is 2.75. The van der Waals surface area contributed by atoms with Gasteiger partial charge in [-0.05, 0) is 12.0 Å². The average Bonchev–Trinajstić information content (AvgIpc) is 2.28. The van der Waals surface area contributed by atoms with Crippen LogP contribution in [0, 0.1) is 17.7 Å². The van der Waals surface area contributed by atoms with Crippen LogP contribution in [0.1, 0.15) is 19.4 Å². The molecule has 4 heteroatoms. The van der Waals surface area contributed by atoms with Gasteiger partial charge in [-0.2, -0.15) is 0 Å². The number of aliphatic hydroxyl groups is 1. The highest BCUT2D eigenvalue weighted by molar-refractivity contribution is 5.78. The number of carbonyl (C=O) groups is 1. The molecule has 17 heavy (non-hydrogen) atoms. The van der Waals surface area contributed by atoms with Crippen LogP contribution in [-0.2, 0) is 11.3 Å². The summed E-state index contributed by atoms with van der Waals surface area (Å²) in [4.78, 5) is 11.7. The standard InChI is InChI=1S/C13H18FNO2/c1-9(2)11(8-16)13(17)15-7-10-5-3-4-6-12(10)14/h3-6,9,11,16H,7-8H2,1-2H3,(H,15,17). The molecule has 2 N–H and O–H groups in total. The SMILES string of the molecule is CC(C)C(CO)C(=O)NCc1ccccc1F. The fraction of sp³-hybridized carbons (Fsp3) is 0.462. The average molecular weight is 239 g/mol. The van der Waals surface area contributed by atoms with E-state index in [2.05, 4.69) is 5.32 Å². The van der Waals surface area contributed by atoms with Crippen molar-refractivity contribution < 1.29 is 14.3 Å². The number of amides is 1. The van der Waals surface area contributed by atoms with Crippen LogP contribution in [0.3, 0.4) is 0 Å². The molecule has 0 heterocycles. The molecular weight excluding hydrogens is 221 g/mol. The highest BCUT2D eigenvalue weighted by Gasteiger charge is 2.20. The van der Waals surface area contributed by atoms with Gasteiger partial charge in [0.15, 0.2) is 0 Å². The first-order valence-electron chi connectivity index (χ1n) is 5.68. The number of hydrogen-bond donors (Lipinski definition) is 2. The second kappa shape index (κ2) is 6.35. The molecule has 0 fully saturated rings. The molecule has 1 aromatic carbocycles. The van der Waals surface area contributed by atoms with E-state index in [-0.39, 0.29) is 30.8 Å². The molecule has 0 saturated heterocycles. The lowest BCUT2D eigenvalue weighted by Crippen LogP contribution is -2.35. The number of carbonyl (C=O) groups excluding carboxylic acids is 1. The Balaban J connectivity index is 2.56. The number of nitrogens with one attached hydrogen (secondary N) is 1. The summed E-state index contributed by atoms with van der Waals surface area (Å²) in [6.45, 7) is 3.68. The van der Waals surface area contributed by atoms with E-state index < -0.39 is 5.92 Å². The largest absolute Gasteiger partial charge is 0.396 e. The van der Waals surface area contributed by atoms with E-state index >= 15 is 0 Å². The van der Waals surface area contributed by atoms with Gasteiger partial charge in [-0.15, -0.1) is 0 Å². The Bertz CT molecular complexity index is 379. The maximum Gasteiger partial charge on any atom is 0.225 e. The predicted molar refractivity (Wildman–Crippen MR) is 63.7 cm³/mol. The summed E-state index contributed by atoms with van der Waals surface area (Å²) < 4.78 is 13.3. The number of rotatable bonds is 5. The molecular formula is C13H18FNO2. The smallest absolute Gasteiger partial charge is 0.225 e. The summed E-state index contributed by atoms with van der Waals surface area (Å²) in [6.07, 6.45) is 0. The van der Waals surface area contributed by atoms with E-state index in [1.165, 1.54) is 6.07 Å². The molecule has 1 amide bonds. The molecule has 0 radical (unpaired) electrons. The van der Waals surface area contributed by atoms with Gasteiger partial charge in [0.1, 0.15) is 5.82 Å². The summed E-state index contributed by atoms with van der Waals surface area (Å²) in [5.41, 5.74) is 0.446. The molecule has 1 atom stereocenters. The third kappa shape index (κ3) is 3.82. The Hall–Kier alpha value is -1.42. The number of aliphatic hydroxyl groups excluding tert-OH is 1. The molecule has 0 saturated carbocycles. The number of halogens is 1. The quantitative estimate of drug-likeness (QED) is 0.821. The van der Waals surface area contributed by atoms with Gasteiger partial charge >= 0.3 is 0 Å². The van der Waals surface area contributed by atoms with Crippen LogP contribution >= 0.6 is 0 Å². The maximum absolute atomic E-state index is 13.3. The molecule has 1 rings (SSSR count). The molecule has 0 aliphatic rings. The Kier molecular flexibility index (Phi) is 5.10. The van der Waals surface area contributed by atoms with E-state index in [0.717, 1.165) is 0 Å². The van der Waals surface area contributed by atoms with Gasteiger partial charge in [-0.3, -0.25) is 4.79 Å². The fourth-order valence-corrected chi connectivity index (χ4v) is 1.55. The van der Waals surface area contributed by atoms with Crippen LogP contribution in [0.25, 0.3) is 0 Å². The molecule has 0 bridgehead atoms. The molecule has 0 spiro atoms. The van der Waals surface area contributed by atoms with E-state index in [1.54, 1.807) is 18.2 Å². The normalized spacial score (nSPS) is 12.5. The van der Waals surface area contributed by atoms with Crippen LogP contribution in [0.5, 0.6) is 0 Å². The Morgan fingerprint density at radius 2 is 2.06 bits per heavy atom. The molecule has 1 unspecified atom stereocenters. The lowest BCUT2D eigenvalue weighted by atomic mass is 9.96. The minimum Gasteiger partial charge on any atom is -0.396 e. The topological polar surface area (TPSA) is 49.3 Å². The molecule has 0 aromatic heterocycles. The van der Waals surface area contributed by atoms with Gasteiger partial charge in [0, 0.05) is 12.1 Å². The van der Waals surface area contributed by atoms with Crippen molar-refractivity contribution in [2.45, 2.75) is 20.4 Å². The third-order valence-corrected chi connectivity index (χ3v) is 2.75. The summed E-state index contributed by atoms with van der Waals surface area (Å²) in [5.74, 6) is -0.967. The van der Waals surface area contributed by atoms with E-state index in [0.29, 0.717) is 5.56 Å². The fourth-order valence-electron chi connectivity index (χ4n) is 1.55. The molecule has 3 nitrogen and oxygen atoms in total. The Morgan fingerprint density at radius 1 is 1.41 bits per heavy atom. The van der Waals surface area contributed by atoms with E-state index in [4.69, 9.17) is 5.11 Å². The van der Waals surface area contributed by atoms with Crippen molar-refractivity contribution in [1.82, 2.24) is 5.32 Å². The van der Waals surface area contributed by atoms with E-state index in [1.807, 2.05) is 13.8 Å². The Morgan fingerprint density at radius 3 is 2.59 bits per heavy atom. The summed E-state index contributed by atoms with van der Waals surface area (Å²) >= 11 is 0. The summed E-state index contributed by atoms with van der Waals surface area (Å²) in [6, 6.07) is 6.30. The predicted octanol–water partition coefficient (Wildman–Crippen LogP) is 1.71. The van der Waals surface area contributed by atoms with Gasteiger partial charge in [-0.25, -0.2) is 4.39 Å². The lowest BCUT2D eigenvalue weighted by molar-refractivity contribution is -0.127. The molecule has 0 aliphatic heterocycles. The first kappa shape index (κ1) is 13.6. The first-order valence-corrected chi connectivity index (χ1v) is 5.68. The Labute approximate surface area is 101 Å². The van der Waals surface area contributed by atoms with Crippen LogP contribution in [0.4, 0.5) is 4.39 Å². The molecule has 0 aliphatic carbocycles. The van der Waals surface area contributed by atoms with Gasteiger partial charge in [0.2, 0.25) is 5.91 Å². The van der Waals surface area contributed by atoms with Gasteiger partial charge in [-0.1, -0.05) is 32.0 Å². The van der Waals surface area contributed by atoms with E-state index in [9.17, 15) is 9.18 Å². The highest BCUT2D eigenvalue weighted by Crippen LogP contribution is 2.11. The van der Waals surface area contributed by atoms with Crippen molar-refractivity contribution in [2.24, 2.45) is 11.8 Å². The zero-order valence-electron chi connectivity index (χ0n) is 10.1. The van der Waals surface area contributed by atoms with Crippen LogP contribution in [0.2, 0.25) is 0 Å². The van der Waals surface area contributed by atoms with Gasteiger partial charge in [0.25, 0.3) is 0 Å². The minimum absolute atomic E-state index is 0.0561. The summed E-state index contributed by atoms with van der Waals surface area (Å²) in [7, 11) is 0. The number of benzene rings is 1. The number of hydrogen-bond acceptors (Lipinski definition) is 2. The van der Waals surface area contributed by atoms with Crippen molar-refractivity contribution in [3.8, 4) is 0 Å². The zero-order chi connectivity index (χ0) is 12.8. The second-order valence-electron chi connectivity index (χ2n) is 4.34. The van der Waals surface area contributed by atoms with Gasteiger partial charge in [0.05, 0.1) is 12.5 Å². The summed E-state index contributed by atoms with van der Waals surface area (Å²) in [5, 5.41) is 11.7. The van der Waals surface area contributed by atoms with Crippen molar-refractivity contribution in [2.75, 3.05) is 6.61 Å². The van der Waals surface area contributed by atoms with Crippen LogP contribution in [-0.4, -0.2) is 17.6 Å². The van der Waals surface area contributed by atoms with Crippen molar-refractivity contribution in [1.29, 1.82) is 0 Å². The first-order chi connectivity index (χ1) is 8.06. The minimum atomic E-state index is -0.443. The monoisotopic (exact) mass is 239 g/mol. The second-order valence-corrected chi connectivity index (χ2v) is 4.34. The highest BCUT2D eigenvalue weighted by atomic mass is 19.1. The maximum atomic E-state index is 13.3.